The minimum atomic E-state index is -0.305. The summed E-state index contributed by atoms with van der Waals surface area (Å²) in [7, 11) is 1.79. The first-order valence-electron chi connectivity index (χ1n) is 10.8. The molecule has 3 heterocycles. The summed E-state index contributed by atoms with van der Waals surface area (Å²) in [6.45, 7) is 3.33. The predicted molar refractivity (Wildman–Crippen MR) is 116 cm³/mol. The Morgan fingerprint density at radius 2 is 2.00 bits per heavy atom. The van der Waals surface area contributed by atoms with E-state index in [1.54, 1.807) is 32.4 Å². The van der Waals surface area contributed by atoms with Gasteiger partial charge in [0.25, 0.3) is 0 Å². The smallest absolute Gasteiger partial charge is 0.324 e. The summed E-state index contributed by atoms with van der Waals surface area (Å²) in [6, 6.07) is 3.28. The highest BCUT2D eigenvalue weighted by atomic mass is 19.1. The Morgan fingerprint density at radius 1 is 1.19 bits per heavy atom. The molecule has 9 heteroatoms. The summed E-state index contributed by atoms with van der Waals surface area (Å²) < 4.78 is 20.3. The van der Waals surface area contributed by atoms with Crippen LogP contribution in [0.4, 0.5) is 15.9 Å². The summed E-state index contributed by atoms with van der Waals surface area (Å²) >= 11 is 0. The maximum absolute atomic E-state index is 14.4. The van der Waals surface area contributed by atoms with Gasteiger partial charge in [0.1, 0.15) is 17.5 Å². The first-order chi connectivity index (χ1) is 15.5. The molecule has 1 saturated heterocycles. The zero-order valence-electron chi connectivity index (χ0n) is 17.8. The summed E-state index contributed by atoms with van der Waals surface area (Å²) in [5.41, 5.74) is 4.20. The lowest BCUT2D eigenvalue weighted by Crippen LogP contribution is -2.39. The van der Waals surface area contributed by atoms with Gasteiger partial charge in [-0.05, 0) is 42.5 Å². The molecule has 32 heavy (non-hydrogen) atoms. The van der Waals surface area contributed by atoms with Crippen LogP contribution in [-0.4, -0.2) is 51.3 Å². The molecule has 1 aliphatic heterocycles. The van der Waals surface area contributed by atoms with E-state index in [-0.39, 0.29) is 23.8 Å². The van der Waals surface area contributed by atoms with Crippen molar-refractivity contribution in [3.05, 3.63) is 47.4 Å². The molecule has 0 bridgehead atoms. The Morgan fingerprint density at radius 3 is 2.72 bits per heavy atom. The quantitative estimate of drug-likeness (QED) is 0.506. The van der Waals surface area contributed by atoms with Crippen molar-refractivity contribution >= 4 is 11.5 Å². The van der Waals surface area contributed by atoms with Gasteiger partial charge in [-0.3, -0.25) is 0 Å². The van der Waals surface area contributed by atoms with Crippen LogP contribution in [0.2, 0.25) is 0 Å². The number of benzene rings is 1. The maximum Gasteiger partial charge on any atom is 0.324 e. The van der Waals surface area contributed by atoms with Crippen molar-refractivity contribution in [1.29, 1.82) is 0 Å². The number of hydrogen-bond acceptors (Lipinski definition) is 8. The number of rotatable bonds is 4. The monoisotopic (exact) mass is 434 g/mol. The topological polar surface area (TPSA) is 96.3 Å². The maximum atomic E-state index is 14.4. The largest absolute Gasteiger partial charge is 0.421 e. The molecule has 3 aromatic rings. The normalized spacial score (nSPS) is 22.8. The van der Waals surface area contributed by atoms with Crippen LogP contribution in [0.1, 0.15) is 23.5 Å². The number of aliphatic hydroxyl groups excluding tert-OH is 1. The molecule has 8 nitrogen and oxygen atoms in total. The molecule has 0 radical (unpaired) electrons. The number of anilines is 2. The van der Waals surface area contributed by atoms with Crippen molar-refractivity contribution < 1.29 is 14.2 Å². The van der Waals surface area contributed by atoms with E-state index >= 15 is 0 Å². The van der Waals surface area contributed by atoms with E-state index < -0.39 is 0 Å². The van der Waals surface area contributed by atoms with Gasteiger partial charge >= 0.3 is 6.01 Å². The Hall–Kier alpha value is -3.33. The third-order valence-corrected chi connectivity index (χ3v) is 6.84. The SMILES string of the molecule is CNc1cc(F)cc2c1Cc1nc(Oc3cnc(C)nc3)nc(N3C[C@H]4C[C@@H](O)[C@H]4C3)c1-2. The molecule has 0 spiro atoms. The molecule has 0 unspecified atom stereocenters. The molecule has 1 aromatic carbocycles. The second-order valence-electron chi connectivity index (χ2n) is 8.76. The first-order valence-corrected chi connectivity index (χ1v) is 10.8. The predicted octanol–water partition coefficient (Wildman–Crippen LogP) is 2.94. The van der Waals surface area contributed by atoms with Gasteiger partial charge in [-0.15, -0.1) is 0 Å². The van der Waals surface area contributed by atoms with Gasteiger partial charge in [0.15, 0.2) is 5.75 Å². The van der Waals surface area contributed by atoms with Gasteiger partial charge < -0.3 is 20.1 Å². The van der Waals surface area contributed by atoms with Crippen molar-refractivity contribution in [1.82, 2.24) is 19.9 Å². The van der Waals surface area contributed by atoms with Crippen molar-refractivity contribution in [3.63, 3.8) is 0 Å². The fourth-order valence-corrected chi connectivity index (χ4v) is 5.17. The molecule has 2 N–H and O–H groups in total. The highest BCUT2D eigenvalue weighted by Crippen LogP contribution is 2.49. The standard InChI is InChI=1S/C23H23FN6O2/c1-11-26-7-14(8-27-11)32-23-28-19-6-15-16(4-13(24)5-18(15)25-2)21(19)22(29-23)30-9-12-3-20(31)17(12)10-30/h4-5,7-8,12,17,20,25,31H,3,6,9-10H2,1-2H3/t12-,17+,20-/m1/s1. The Bertz CT molecular complexity index is 1220. The van der Waals surface area contributed by atoms with Crippen molar-refractivity contribution in [2.24, 2.45) is 11.8 Å². The van der Waals surface area contributed by atoms with E-state index in [1.165, 1.54) is 6.07 Å². The van der Waals surface area contributed by atoms with E-state index in [9.17, 15) is 9.50 Å². The zero-order chi connectivity index (χ0) is 22.0. The van der Waals surface area contributed by atoms with E-state index in [1.807, 2.05) is 0 Å². The summed E-state index contributed by atoms with van der Waals surface area (Å²) in [6.07, 6.45) is 4.29. The second-order valence-corrected chi connectivity index (χ2v) is 8.76. The van der Waals surface area contributed by atoms with Crippen LogP contribution in [0.25, 0.3) is 11.1 Å². The minimum absolute atomic E-state index is 0.213. The summed E-state index contributed by atoms with van der Waals surface area (Å²) in [5.74, 6) is 2.22. The van der Waals surface area contributed by atoms with E-state index in [0.29, 0.717) is 30.5 Å². The van der Waals surface area contributed by atoms with Crippen molar-refractivity contribution in [2.75, 3.05) is 30.4 Å². The Balaban J connectivity index is 1.46. The summed E-state index contributed by atoms with van der Waals surface area (Å²) in [4.78, 5) is 20.0. The number of fused-ring (bicyclic) bond motifs is 4. The van der Waals surface area contributed by atoms with Crippen LogP contribution in [0, 0.1) is 24.6 Å². The molecular formula is C23H23FN6O2. The molecule has 0 amide bonds. The average Bonchev–Trinajstić information content (AvgIpc) is 3.31. The van der Waals surface area contributed by atoms with Gasteiger partial charge in [0.2, 0.25) is 0 Å². The Labute approximate surface area is 184 Å². The average molecular weight is 434 g/mol. The van der Waals surface area contributed by atoms with Crippen LogP contribution in [0.3, 0.4) is 0 Å². The number of aliphatic hydroxyl groups is 1. The molecule has 3 atom stereocenters. The molecular weight excluding hydrogens is 411 g/mol. The molecule has 2 aromatic heterocycles. The molecule has 3 aliphatic rings. The first kappa shape index (κ1) is 19.4. The van der Waals surface area contributed by atoms with Gasteiger partial charge in [0.05, 0.1) is 24.2 Å². The third kappa shape index (κ3) is 2.99. The number of hydrogen-bond donors (Lipinski definition) is 2. The van der Waals surface area contributed by atoms with Crippen LogP contribution in [0.15, 0.2) is 24.5 Å². The summed E-state index contributed by atoms with van der Waals surface area (Å²) in [5, 5.41) is 13.3. The lowest BCUT2D eigenvalue weighted by Gasteiger charge is -2.34. The van der Waals surface area contributed by atoms with E-state index in [2.05, 4.69) is 25.2 Å². The van der Waals surface area contributed by atoms with Gasteiger partial charge in [0, 0.05) is 43.7 Å². The van der Waals surface area contributed by atoms with E-state index in [4.69, 9.17) is 9.72 Å². The third-order valence-electron chi connectivity index (χ3n) is 6.84. The van der Waals surface area contributed by atoms with Crippen molar-refractivity contribution in [3.8, 4) is 22.9 Å². The molecule has 1 saturated carbocycles. The molecule has 164 valence electrons. The van der Waals surface area contributed by atoms with Crippen LogP contribution in [0.5, 0.6) is 11.8 Å². The van der Waals surface area contributed by atoms with Gasteiger partial charge in [-0.25, -0.2) is 14.4 Å². The molecule has 6 rings (SSSR count). The number of aryl methyl sites for hydroxylation is 1. The highest BCUT2D eigenvalue weighted by Gasteiger charge is 2.47. The number of nitrogens with zero attached hydrogens (tertiary/aromatic N) is 5. The minimum Gasteiger partial charge on any atom is -0.421 e. The lowest BCUT2D eigenvalue weighted by atomic mass is 9.74. The lowest BCUT2D eigenvalue weighted by molar-refractivity contribution is -0.00398. The fraction of sp³-hybridized carbons (Fsp3) is 0.391. The van der Waals surface area contributed by atoms with Crippen LogP contribution in [-0.2, 0) is 6.42 Å². The van der Waals surface area contributed by atoms with Crippen molar-refractivity contribution in [2.45, 2.75) is 25.9 Å². The number of aromatic nitrogens is 4. The fourth-order valence-electron chi connectivity index (χ4n) is 5.17. The van der Waals surface area contributed by atoms with Crippen LogP contribution >= 0.6 is 0 Å². The highest BCUT2D eigenvalue weighted by molar-refractivity contribution is 5.88. The van der Waals surface area contributed by atoms with Crippen LogP contribution < -0.4 is 15.0 Å². The number of ether oxygens (including phenoxy) is 1. The molecule has 2 aliphatic carbocycles. The van der Waals surface area contributed by atoms with Gasteiger partial charge in [-0.2, -0.15) is 9.97 Å². The van der Waals surface area contributed by atoms with Gasteiger partial charge in [-0.1, -0.05) is 0 Å². The number of nitrogens with one attached hydrogen (secondary N) is 1. The Kier molecular flexibility index (Phi) is 4.29. The second kappa shape index (κ2) is 7.09. The number of halogens is 1. The van der Waals surface area contributed by atoms with E-state index in [0.717, 1.165) is 46.9 Å². The molecule has 2 fully saturated rings. The zero-order valence-corrected chi connectivity index (χ0v) is 17.8.